The van der Waals surface area contributed by atoms with Crippen LogP contribution < -0.4 is 5.73 Å². The van der Waals surface area contributed by atoms with E-state index in [0.717, 1.165) is 0 Å². The summed E-state index contributed by atoms with van der Waals surface area (Å²) in [5.41, 5.74) is 6.28. The number of aliphatic hydroxyl groups is 1. The molecule has 1 saturated heterocycles. The van der Waals surface area contributed by atoms with E-state index < -0.39 is 26.3 Å². The van der Waals surface area contributed by atoms with Gasteiger partial charge in [0.2, 0.25) is 0 Å². The molecule has 3 atom stereocenters. The number of rotatable bonds is 3. The summed E-state index contributed by atoms with van der Waals surface area (Å²) in [4.78, 5) is 29.6. The molecule has 11 nitrogen and oxygen atoms in total. The Hall–Kier alpha value is -1.62. The molecule has 0 bridgehead atoms. The zero-order valence-electron chi connectivity index (χ0n) is 10.5. The largest absolute Gasteiger partial charge is 0.470 e. The summed E-state index contributed by atoms with van der Waals surface area (Å²) in [7, 11) is -4.79. The Labute approximate surface area is 117 Å². The van der Waals surface area contributed by atoms with E-state index in [9.17, 15) is 9.67 Å². The molecule has 3 heterocycles. The molecule has 3 rings (SSSR count). The number of phosphoric acid groups is 1. The molecule has 114 valence electrons. The molecule has 21 heavy (non-hydrogen) atoms. The summed E-state index contributed by atoms with van der Waals surface area (Å²) in [6, 6.07) is 0. The van der Waals surface area contributed by atoms with Gasteiger partial charge in [-0.15, -0.1) is 0 Å². The number of aromatic nitrogens is 4. The third-order valence-electron chi connectivity index (χ3n) is 3.02. The Balaban J connectivity index is 2.01. The molecule has 1 fully saturated rings. The molecule has 0 unspecified atom stereocenters. The van der Waals surface area contributed by atoms with Crippen LogP contribution >= 0.6 is 7.82 Å². The van der Waals surface area contributed by atoms with Gasteiger partial charge in [-0.3, -0.25) is 9.09 Å². The van der Waals surface area contributed by atoms with E-state index in [1.165, 1.54) is 17.2 Å². The van der Waals surface area contributed by atoms with Gasteiger partial charge in [-0.1, -0.05) is 0 Å². The van der Waals surface area contributed by atoms with Crippen molar-refractivity contribution < 1.29 is 28.7 Å². The highest BCUT2D eigenvalue weighted by Crippen LogP contribution is 2.43. The van der Waals surface area contributed by atoms with E-state index in [2.05, 4.69) is 19.5 Å². The van der Waals surface area contributed by atoms with E-state index in [1.807, 2.05) is 0 Å². The van der Waals surface area contributed by atoms with Crippen molar-refractivity contribution in [1.82, 2.24) is 19.5 Å². The number of nitrogens with zero attached hydrogens (tertiary/aromatic N) is 4. The zero-order chi connectivity index (χ0) is 15.2. The second kappa shape index (κ2) is 4.98. The Morgan fingerprint density at radius 1 is 1.43 bits per heavy atom. The lowest BCUT2D eigenvalue weighted by Gasteiger charge is -2.22. The molecule has 0 aliphatic carbocycles. The molecule has 0 amide bonds. The van der Waals surface area contributed by atoms with Crippen LogP contribution in [0.5, 0.6) is 0 Å². The van der Waals surface area contributed by atoms with Gasteiger partial charge < -0.3 is 25.4 Å². The second-order valence-electron chi connectivity index (χ2n) is 4.43. The number of imidazole rings is 1. The van der Waals surface area contributed by atoms with E-state index in [-0.39, 0.29) is 12.4 Å². The SMILES string of the molecule is Nc1ncnc2c1ncn2[C@@H]1OC[C@H](O)[C@H]1OP(=O)(O)O. The molecule has 1 aliphatic heterocycles. The third kappa shape index (κ3) is 2.62. The minimum atomic E-state index is -4.79. The minimum absolute atomic E-state index is 0.143. The number of phosphoric ester groups is 1. The van der Waals surface area contributed by atoms with Crippen molar-refractivity contribution in [2.24, 2.45) is 0 Å². The van der Waals surface area contributed by atoms with Gasteiger partial charge in [0.05, 0.1) is 12.9 Å². The summed E-state index contributed by atoms with van der Waals surface area (Å²) >= 11 is 0. The molecule has 5 N–H and O–H groups in total. The first-order chi connectivity index (χ1) is 9.87. The lowest BCUT2D eigenvalue weighted by molar-refractivity contribution is -0.0158. The third-order valence-corrected chi connectivity index (χ3v) is 3.54. The summed E-state index contributed by atoms with van der Waals surface area (Å²) in [6.07, 6.45) is -0.903. The number of ether oxygens (including phenoxy) is 1. The van der Waals surface area contributed by atoms with E-state index >= 15 is 0 Å². The van der Waals surface area contributed by atoms with Crippen molar-refractivity contribution in [2.45, 2.75) is 18.4 Å². The molecule has 2 aromatic rings. The number of aliphatic hydroxyl groups excluding tert-OH is 1. The fraction of sp³-hybridized carbons (Fsp3) is 0.444. The van der Waals surface area contributed by atoms with Crippen LogP contribution in [0.25, 0.3) is 11.2 Å². The van der Waals surface area contributed by atoms with Gasteiger partial charge in [0, 0.05) is 0 Å². The van der Waals surface area contributed by atoms with Gasteiger partial charge in [-0.2, -0.15) is 0 Å². The second-order valence-corrected chi connectivity index (χ2v) is 5.63. The lowest BCUT2D eigenvalue weighted by Crippen LogP contribution is -2.30. The highest BCUT2D eigenvalue weighted by Gasteiger charge is 2.43. The molecule has 0 aromatic carbocycles. The number of hydrogen-bond acceptors (Lipinski definition) is 8. The van der Waals surface area contributed by atoms with Crippen LogP contribution in [-0.2, 0) is 13.8 Å². The number of anilines is 1. The van der Waals surface area contributed by atoms with Crippen LogP contribution in [0.15, 0.2) is 12.7 Å². The van der Waals surface area contributed by atoms with E-state index in [0.29, 0.717) is 11.2 Å². The van der Waals surface area contributed by atoms with E-state index in [1.54, 1.807) is 0 Å². The molecular weight excluding hydrogens is 305 g/mol. The van der Waals surface area contributed by atoms with Gasteiger partial charge in [-0.05, 0) is 0 Å². The van der Waals surface area contributed by atoms with Crippen molar-refractivity contribution in [1.29, 1.82) is 0 Å². The quantitative estimate of drug-likeness (QED) is 0.504. The highest BCUT2D eigenvalue weighted by atomic mass is 31.2. The standard InChI is InChI=1S/C9H12N5O6P/c10-7-5-8(12-2-11-7)14(3-13-5)9-6(4(15)1-19-9)20-21(16,17)18/h2-4,6,9,15H,1H2,(H2,10,11,12)(H2,16,17,18)/t4-,6+,9+/m0/s1. The topological polar surface area (TPSA) is 166 Å². The lowest BCUT2D eigenvalue weighted by atomic mass is 10.2. The first-order valence-electron chi connectivity index (χ1n) is 5.83. The number of fused-ring (bicyclic) bond motifs is 1. The molecule has 0 spiro atoms. The van der Waals surface area contributed by atoms with Crippen molar-refractivity contribution in [3.05, 3.63) is 12.7 Å². The average molecular weight is 317 g/mol. The fourth-order valence-corrected chi connectivity index (χ4v) is 2.71. The predicted molar refractivity (Wildman–Crippen MR) is 67.6 cm³/mol. The first kappa shape index (κ1) is 14.3. The van der Waals surface area contributed by atoms with Gasteiger partial charge >= 0.3 is 7.82 Å². The highest BCUT2D eigenvalue weighted by molar-refractivity contribution is 7.46. The Morgan fingerprint density at radius 2 is 2.19 bits per heavy atom. The van der Waals surface area contributed by atoms with Crippen LogP contribution in [0.2, 0.25) is 0 Å². The van der Waals surface area contributed by atoms with Gasteiger partial charge in [0.1, 0.15) is 24.1 Å². The van der Waals surface area contributed by atoms with Crippen molar-refractivity contribution in [2.75, 3.05) is 12.3 Å². The fourth-order valence-electron chi connectivity index (χ4n) is 2.15. The molecular formula is C9H12N5O6P. The number of nitrogens with two attached hydrogens (primary N) is 1. The number of nitrogen functional groups attached to an aromatic ring is 1. The monoisotopic (exact) mass is 317 g/mol. The molecule has 0 radical (unpaired) electrons. The molecule has 0 saturated carbocycles. The van der Waals surface area contributed by atoms with Crippen LogP contribution in [0, 0.1) is 0 Å². The van der Waals surface area contributed by atoms with Crippen molar-refractivity contribution >= 4 is 24.8 Å². The van der Waals surface area contributed by atoms with E-state index in [4.69, 9.17) is 20.3 Å². The normalized spacial score (nSPS) is 26.5. The van der Waals surface area contributed by atoms with Gasteiger partial charge in [-0.25, -0.2) is 19.5 Å². The van der Waals surface area contributed by atoms with Gasteiger partial charge in [0.15, 0.2) is 17.7 Å². The summed E-state index contributed by atoms with van der Waals surface area (Å²) in [5.74, 6) is 0.157. The van der Waals surface area contributed by atoms with Crippen LogP contribution in [0.4, 0.5) is 5.82 Å². The summed E-state index contributed by atoms with van der Waals surface area (Å²) in [6.45, 7) is -0.143. The Bertz CT molecular complexity index is 716. The van der Waals surface area contributed by atoms with Crippen LogP contribution in [0.3, 0.4) is 0 Å². The van der Waals surface area contributed by atoms with Crippen molar-refractivity contribution in [3.8, 4) is 0 Å². The summed E-state index contributed by atoms with van der Waals surface area (Å²) in [5, 5.41) is 9.76. The first-order valence-corrected chi connectivity index (χ1v) is 7.36. The van der Waals surface area contributed by atoms with Crippen LogP contribution in [-0.4, -0.2) is 53.2 Å². The molecule has 2 aromatic heterocycles. The molecule has 12 heteroatoms. The minimum Gasteiger partial charge on any atom is -0.388 e. The number of hydrogen-bond donors (Lipinski definition) is 4. The maximum atomic E-state index is 11.0. The predicted octanol–water partition coefficient (Wildman–Crippen LogP) is -1.22. The smallest absolute Gasteiger partial charge is 0.388 e. The van der Waals surface area contributed by atoms with Crippen molar-refractivity contribution in [3.63, 3.8) is 0 Å². The molecule has 1 aliphatic rings. The maximum absolute atomic E-state index is 11.0. The zero-order valence-corrected chi connectivity index (χ0v) is 11.4. The Kier molecular flexibility index (Phi) is 3.40. The average Bonchev–Trinajstić information content (AvgIpc) is 2.94. The van der Waals surface area contributed by atoms with Gasteiger partial charge in [0.25, 0.3) is 0 Å². The maximum Gasteiger partial charge on any atom is 0.470 e. The summed E-state index contributed by atoms with van der Waals surface area (Å²) < 4.78 is 22.3. The van der Waals surface area contributed by atoms with Crippen LogP contribution in [0.1, 0.15) is 6.23 Å². The Morgan fingerprint density at radius 3 is 2.90 bits per heavy atom.